The van der Waals surface area contributed by atoms with Crippen molar-refractivity contribution in [3.05, 3.63) is 29.8 Å². The molecule has 0 spiro atoms. The fourth-order valence-corrected chi connectivity index (χ4v) is 1.79. The summed E-state index contributed by atoms with van der Waals surface area (Å²) in [5.41, 5.74) is 6.75. The molecule has 0 bridgehead atoms. The molecule has 21 heavy (non-hydrogen) atoms. The quantitative estimate of drug-likeness (QED) is 0.791. The van der Waals surface area contributed by atoms with Crippen LogP contribution in [0.25, 0.3) is 0 Å². The molecule has 1 aromatic carbocycles. The zero-order valence-corrected chi connectivity index (χ0v) is 13.4. The third-order valence-corrected chi connectivity index (χ3v) is 2.70. The first-order valence-electron chi connectivity index (χ1n) is 6.77. The van der Waals surface area contributed by atoms with Gasteiger partial charge in [-0.3, -0.25) is 4.79 Å². The molecule has 1 atom stereocenters. The maximum atomic E-state index is 11.9. The second-order valence-electron chi connectivity index (χ2n) is 5.03. The SMILES string of the molecule is CCOC(=O)c1cccc(NC(=O)[C@@H](N)CC(C)C)c1.Cl. The van der Waals surface area contributed by atoms with E-state index >= 15 is 0 Å². The van der Waals surface area contributed by atoms with E-state index < -0.39 is 12.0 Å². The molecule has 118 valence electrons. The zero-order chi connectivity index (χ0) is 15.1. The van der Waals surface area contributed by atoms with Gasteiger partial charge in [0.15, 0.2) is 0 Å². The summed E-state index contributed by atoms with van der Waals surface area (Å²) in [7, 11) is 0. The largest absolute Gasteiger partial charge is 0.462 e. The summed E-state index contributed by atoms with van der Waals surface area (Å²) < 4.78 is 4.91. The molecule has 0 aliphatic rings. The minimum absolute atomic E-state index is 0. The van der Waals surface area contributed by atoms with Gasteiger partial charge in [0, 0.05) is 5.69 Å². The Bertz CT molecular complexity index is 478. The Kier molecular flexibility index (Phi) is 8.66. The van der Waals surface area contributed by atoms with Crippen LogP contribution in [0.5, 0.6) is 0 Å². The number of halogens is 1. The molecule has 0 aliphatic carbocycles. The van der Waals surface area contributed by atoms with Crippen LogP contribution in [0.1, 0.15) is 37.6 Å². The zero-order valence-electron chi connectivity index (χ0n) is 12.6. The van der Waals surface area contributed by atoms with Gasteiger partial charge in [-0.25, -0.2) is 4.79 Å². The van der Waals surface area contributed by atoms with Crippen LogP contribution in [-0.4, -0.2) is 24.5 Å². The first-order chi connectivity index (χ1) is 9.43. The lowest BCUT2D eigenvalue weighted by molar-refractivity contribution is -0.117. The average Bonchev–Trinajstić information content (AvgIpc) is 2.38. The Balaban J connectivity index is 0.00000400. The van der Waals surface area contributed by atoms with Gasteiger partial charge >= 0.3 is 5.97 Å². The lowest BCUT2D eigenvalue weighted by atomic mass is 10.0. The molecule has 0 aromatic heterocycles. The molecule has 1 amide bonds. The molecule has 0 heterocycles. The molecule has 5 nitrogen and oxygen atoms in total. The van der Waals surface area contributed by atoms with E-state index in [1.54, 1.807) is 31.2 Å². The van der Waals surface area contributed by atoms with Crippen molar-refractivity contribution >= 4 is 30.0 Å². The molecule has 3 N–H and O–H groups in total. The molecule has 0 radical (unpaired) electrons. The Labute approximate surface area is 131 Å². The van der Waals surface area contributed by atoms with E-state index in [9.17, 15) is 9.59 Å². The number of nitrogens with two attached hydrogens (primary N) is 1. The molecule has 0 saturated carbocycles. The second-order valence-corrected chi connectivity index (χ2v) is 5.03. The molecule has 0 saturated heterocycles. The summed E-state index contributed by atoms with van der Waals surface area (Å²) in [4.78, 5) is 23.5. The third-order valence-electron chi connectivity index (χ3n) is 2.70. The number of hydrogen-bond donors (Lipinski definition) is 2. The number of nitrogens with one attached hydrogen (secondary N) is 1. The van der Waals surface area contributed by atoms with Gasteiger partial charge < -0.3 is 15.8 Å². The van der Waals surface area contributed by atoms with E-state index in [-0.39, 0.29) is 18.3 Å². The number of esters is 1. The number of hydrogen-bond acceptors (Lipinski definition) is 4. The van der Waals surface area contributed by atoms with Crippen molar-refractivity contribution in [3.8, 4) is 0 Å². The van der Waals surface area contributed by atoms with Crippen molar-refractivity contribution < 1.29 is 14.3 Å². The first kappa shape index (κ1) is 19.4. The standard InChI is InChI=1S/C15H22N2O3.ClH/c1-4-20-15(19)11-6-5-7-12(9-11)17-14(18)13(16)8-10(2)3;/h5-7,9-10,13H,4,8,16H2,1-3H3,(H,17,18);1H/t13-;/m0./s1. The lowest BCUT2D eigenvalue weighted by Gasteiger charge is -2.14. The summed E-state index contributed by atoms with van der Waals surface area (Å²) in [5, 5.41) is 2.71. The number of benzene rings is 1. The molecule has 0 unspecified atom stereocenters. The highest BCUT2D eigenvalue weighted by atomic mass is 35.5. The van der Waals surface area contributed by atoms with E-state index in [1.807, 2.05) is 13.8 Å². The van der Waals surface area contributed by atoms with Crippen molar-refractivity contribution in [1.29, 1.82) is 0 Å². The van der Waals surface area contributed by atoms with Crippen molar-refractivity contribution in [1.82, 2.24) is 0 Å². The molecular weight excluding hydrogens is 292 g/mol. The van der Waals surface area contributed by atoms with Crippen LogP contribution in [0, 0.1) is 5.92 Å². The monoisotopic (exact) mass is 314 g/mol. The van der Waals surface area contributed by atoms with Crippen LogP contribution in [0.3, 0.4) is 0 Å². The van der Waals surface area contributed by atoms with Crippen LogP contribution in [0.2, 0.25) is 0 Å². The van der Waals surface area contributed by atoms with Crippen molar-refractivity contribution in [2.75, 3.05) is 11.9 Å². The highest BCUT2D eigenvalue weighted by Crippen LogP contribution is 2.13. The highest BCUT2D eigenvalue weighted by molar-refractivity contribution is 5.96. The summed E-state index contributed by atoms with van der Waals surface area (Å²) in [6, 6.07) is 6.07. The van der Waals surface area contributed by atoms with Crippen LogP contribution >= 0.6 is 12.4 Å². The van der Waals surface area contributed by atoms with Gasteiger partial charge in [-0.15, -0.1) is 12.4 Å². The van der Waals surface area contributed by atoms with Crippen molar-refractivity contribution in [2.24, 2.45) is 11.7 Å². The van der Waals surface area contributed by atoms with Crippen molar-refractivity contribution in [3.63, 3.8) is 0 Å². The van der Waals surface area contributed by atoms with Gasteiger partial charge in [0.05, 0.1) is 18.2 Å². The Hall–Kier alpha value is -1.59. The molecular formula is C15H23ClN2O3. The van der Waals surface area contributed by atoms with Gasteiger partial charge in [0.1, 0.15) is 0 Å². The van der Waals surface area contributed by atoms with Gasteiger partial charge in [0.25, 0.3) is 0 Å². The smallest absolute Gasteiger partial charge is 0.338 e. The van der Waals surface area contributed by atoms with E-state index in [1.165, 1.54) is 0 Å². The van der Waals surface area contributed by atoms with Crippen LogP contribution in [0.4, 0.5) is 5.69 Å². The lowest BCUT2D eigenvalue weighted by Crippen LogP contribution is -2.36. The Morgan fingerprint density at radius 1 is 1.33 bits per heavy atom. The minimum atomic E-state index is -0.554. The van der Waals surface area contributed by atoms with E-state index in [2.05, 4.69) is 5.32 Å². The molecule has 0 fully saturated rings. The van der Waals surface area contributed by atoms with Crippen LogP contribution < -0.4 is 11.1 Å². The van der Waals surface area contributed by atoms with Gasteiger partial charge in [-0.1, -0.05) is 19.9 Å². The number of carbonyl (C=O) groups is 2. The first-order valence-corrected chi connectivity index (χ1v) is 6.77. The summed E-state index contributed by atoms with van der Waals surface area (Å²) in [6.45, 7) is 6.08. The number of ether oxygens (including phenoxy) is 1. The fraction of sp³-hybridized carbons (Fsp3) is 0.467. The van der Waals surface area contributed by atoms with Gasteiger partial charge in [-0.2, -0.15) is 0 Å². The summed E-state index contributed by atoms with van der Waals surface area (Å²) in [5.74, 6) is -0.309. The Morgan fingerprint density at radius 3 is 2.57 bits per heavy atom. The van der Waals surface area contributed by atoms with E-state index in [4.69, 9.17) is 10.5 Å². The van der Waals surface area contributed by atoms with Gasteiger partial charge in [0.2, 0.25) is 5.91 Å². The predicted octanol–water partition coefficient (Wildman–Crippen LogP) is 2.60. The van der Waals surface area contributed by atoms with Crippen molar-refractivity contribution in [2.45, 2.75) is 33.2 Å². The number of anilines is 1. The second kappa shape index (κ2) is 9.37. The number of amides is 1. The topological polar surface area (TPSA) is 81.4 Å². The molecule has 1 aromatic rings. The molecule has 6 heteroatoms. The summed E-state index contributed by atoms with van der Waals surface area (Å²) in [6.07, 6.45) is 0.614. The maximum Gasteiger partial charge on any atom is 0.338 e. The number of carbonyl (C=O) groups excluding carboxylic acids is 2. The predicted molar refractivity (Wildman–Crippen MR) is 85.7 cm³/mol. The summed E-state index contributed by atoms with van der Waals surface area (Å²) >= 11 is 0. The van der Waals surface area contributed by atoms with E-state index in [0.29, 0.717) is 30.2 Å². The highest BCUT2D eigenvalue weighted by Gasteiger charge is 2.15. The van der Waals surface area contributed by atoms with Crippen LogP contribution in [0.15, 0.2) is 24.3 Å². The average molecular weight is 315 g/mol. The normalized spacial score (nSPS) is 11.5. The maximum absolute atomic E-state index is 11.9. The number of rotatable bonds is 6. The minimum Gasteiger partial charge on any atom is -0.462 e. The fourth-order valence-electron chi connectivity index (χ4n) is 1.79. The van der Waals surface area contributed by atoms with Gasteiger partial charge in [-0.05, 0) is 37.5 Å². The van der Waals surface area contributed by atoms with Crippen LogP contribution in [-0.2, 0) is 9.53 Å². The van der Waals surface area contributed by atoms with E-state index in [0.717, 1.165) is 0 Å². The Morgan fingerprint density at radius 2 is 2.00 bits per heavy atom. The molecule has 1 rings (SSSR count). The molecule has 0 aliphatic heterocycles. The third kappa shape index (κ3) is 6.60.